The highest BCUT2D eigenvalue weighted by atomic mass is 16.5. The average Bonchev–Trinajstić information content (AvgIpc) is 2.33. The largest absolute Gasteiger partial charge is 0.493 e. The van der Waals surface area contributed by atoms with Crippen molar-refractivity contribution in [3.63, 3.8) is 0 Å². The van der Waals surface area contributed by atoms with Crippen LogP contribution in [0.25, 0.3) is 0 Å². The highest BCUT2D eigenvalue weighted by molar-refractivity contribution is 5.76. The molecule has 1 aromatic rings. The summed E-state index contributed by atoms with van der Waals surface area (Å²) >= 11 is 0. The second kappa shape index (κ2) is 7.01. The fourth-order valence-corrected chi connectivity index (χ4v) is 1.37. The lowest BCUT2D eigenvalue weighted by Gasteiger charge is -2.12. The third kappa shape index (κ3) is 5.19. The summed E-state index contributed by atoms with van der Waals surface area (Å²) in [7, 11) is 0. The summed E-state index contributed by atoms with van der Waals surface area (Å²) in [5.41, 5.74) is 6.34. The number of benzene rings is 1. The fourth-order valence-electron chi connectivity index (χ4n) is 1.37. The Morgan fingerprint density at radius 1 is 1.39 bits per heavy atom. The monoisotopic (exact) mass is 250 g/mol. The van der Waals surface area contributed by atoms with E-state index in [-0.39, 0.29) is 11.8 Å². The number of rotatable bonds is 7. The maximum Gasteiger partial charge on any atom is 0.223 e. The van der Waals surface area contributed by atoms with Gasteiger partial charge in [-0.3, -0.25) is 4.79 Å². The zero-order valence-electron chi connectivity index (χ0n) is 11.3. The lowest BCUT2D eigenvalue weighted by molar-refractivity contribution is -0.122. The van der Waals surface area contributed by atoms with Crippen LogP contribution in [0, 0.1) is 5.92 Å². The Labute approximate surface area is 109 Å². The molecule has 0 heterocycles. The third-order valence-corrected chi connectivity index (χ3v) is 2.60. The predicted molar refractivity (Wildman–Crippen MR) is 72.3 cm³/mol. The molecule has 0 aliphatic rings. The van der Waals surface area contributed by atoms with Gasteiger partial charge in [-0.05, 0) is 17.7 Å². The standard InChI is InChI=1S/C14H22N2O2/c1-10(2)16-8-12-5-4-6-13(7-12)18-9-11(3)14(15)17/h4-7,10-11,16H,8-9H2,1-3H3,(H2,15,17). The fraction of sp³-hybridized carbons (Fsp3) is 0.500. The van der Waals surface area contributed by atoms with E-state index in [1.54, 1.807) is 6.92 Å². The molecule has 0 spiro atoms. The van der Waals surface area contributed by atoms with Crippen LogP contribution in [-0.4, -0.2) is 18.6 Å². The van der Waals surface area contributed by atoms with Gasteiger partial charge >= 0.3 is 0 Å². The molecule has 0 aliphatic carbocycles. The van der Waals surface area contributed by atoms with Gasteiger partial charge in [-0.2, -0.15) is 0 Å². The number of carbonyl (C=O) groups is 1. The predicted octanol–water partition coefficient (Wildman–Crippen LogP) is 1.68. The summed E-state index contributed by atoms with van der Waals surface area (Å²) < 4.78 is 5.55. The number of ether oxygens (including phenoxy) is 1. The molecule has 4 heteroatoms. The molecule has 0 saturated heterocycles. The quantitative estimate of drug-likeness (QED) is 0.774. The maximum atomic E-state index is 10.9. The number of nitrogens with one attached hydrogen (secondary N) is 1. The second-order valence-corrected chi connectivity index (χ2v) is 4.80. The van der Waals surface area contributed by atoms with Crippen LogP contribution in [0.3, 0.4) is 0 Å². The van der Waals surface area contributed by atoms with Crippen molar-refractivity contribution < 1.29 is 9.53 Å². The first-order valence-corrected chi connectivity index (χ1v) is 6.23. The molecule has 1 rings (SSSR count). The average molecular weight is 250 g/mol. The number of hydrogen-bond acceptors (Lipinski definition) is 3. The molecule has 0 aromatic heterocycles. The molecule has 1 amide bonds. The van der Waals surface area contributed by atoms with Gasteiger partial charge in [0.15, 0.2) is 0 Å². The number of carbonyl (C=O) groups excluding carboxylic acids is 1. The molecule has 1 unspecified atom stereocenters. The van der Waals surface area contributed by atoms with E-state index in [1.807, 2.05) is 24.3 Å². The van der Waals surface area contributed by atoms with Crippen molar-refractivity contribution in [3.05, 3.63) is 29.8 Å². The van der Waals surface area contributed by atoms with E-state index in [1.165, 1.54) is 0 Å². The molecule has 4 nitrogen and oxygen atoms in total. The SMILES string of the molecule is CC(C)NCc1cccc(OCC(C)C(N)=O)c1. The van der Waals surface area contributed by atoms with Crippen molar-refractivity contribution >= 4 is 5.91 Å². The summed E-state index contributed by atoms with van der Waals surface area (Å²) in [4.78, 5) is 10.9. The number of primary amides is 1. The van der Waals surface area contributed by atoms with Crippen LogP contribution >= 0.6 is 0 Å². The van der Waals surface area contributed by atoms with Gasteiger partial charge in [-0.15, -0.1) is 0 Å². The lowest BCUT2D eigenvalue weighted by Crippen LogP contribution is -2.25. The highest BCUT2D eigenvalue weighted by Gasteiger charge is 2.09. The molecule has 0 fully saturated rings. The Hall–Kier alpha value is -1.55. The Kier molecular flexibility index (Phi) is 5.65. The first-order valence-electron chi connectivity index (χ1n) is 6.23. The molecule has 0 bridgehead atoms. The van der Waals surface area contributed by atoms with Gasteiger partial charge in [-0.25, -0.2) is 0 Å². The molecule has 0 radical (unpaired) electrons. The van der Waals surface area contributed by atoms with Gasteiger partial charge in [0.05, 0.1) is 12.5 Å². The van der Waals surface area contributed by atoms with E-state index < -0.39 is 0 Å². The van der Waals surface area contributed by atoms with E-state index in [2.05, 4.69) is 19.2 Å². The van der Waals surface area contributed by atoms with E-state index in [0.29, 0.717) is 12.6 Å². The van der Waals surface area contributed by atoms with Gasteiger partial charge < -0.3 is 15.8 Å². The molecule has 1 aromatic carbocycles. The van der Waals surface area contributed by atoms with Crippen LogP contribution in [-0.2, 0) is 11.3 Å². The van der Waals surface area contributed by atoms with Crippen LogP contribution in [0.4, 0.5) is 0 Å². The van der Waals surface area contributed by atoms with Crippen LogP contribution < -0.4 is 15.8 Å². The number of hydrogen-bond donors (Lipinski definition) is 2. The van der Waals surface area contributed by atoms with Crippen LogP contribution in [0.15, 0.2) is 24.3 Å². The molecular weight excluding hydrogens is 228 g/mol. The zero-order chi connectivity index (χ0) is 13.5. The minimum Gasteiger partial charge on any atom is -0.493 e. The summed E-state index contributed by atoms with van der Waals surface area (Å²) in [5.74, 6) is 0.154. The molecule has 0 saturated carbocycles. The smallest absolute Gasteiger partial charge is 0.223 e. The van der Waals surface area contributed by atoms with Gasteiger partial charge in [0.2, 0.25) is 5.91 Å². The van der Waals surface area contributed by atoms with Gasteiger partial charge in [0, 0.05) is 12.6 Å². The third-order valence-electron chi connectivity index (χ3n) is 2.60. The Morgan fingerprint density at radius 2 is 2.11 bits per heavy atom. The first-order chi connectivity index (χ1) is 8.49. The normalized spacial score (nSPS) is 12.4. The minimum absolute atomic E-state index is 0.276. The van der Waals surface area contributed by atoms with Crippen molar-refractivity contribution in [2.24, 2.45) is 11.7 Å². The number of nitrogens with two attached hydrogens (primary N) is 1. The zero-order valence-corrected chi connectivity index (χ0v) is 11.3. The highest BCUT2D eigenvalue weighted by Crippen LogP contribution is 2.14. The Balaban J connectivity index is 2.51. The summed E-state index contributed by atoms with van der Waals surface area (Å²) in [6.45, 7) is 7.09. The second-order valence-electron chi connectivity index (χ2n) is 4.80. The summed E-state index contributed by atoms with van der Waals surface area (Å²) in [5, 5.41) is 3.34. The topological polar surface area (TPSA) is 64.3 Å². The maximum absolute atomic E-state index is 10.9. The van der Waals surface area contributed by atoms with E-state index in [4.69, 9.17) is 10.5 Å². The van der Waals surface area contributed by atoms with Crippen LogP contribution in [0.2, 0.25) is 0 Å². The van der Waals surface area contributed by atoms with Crippen LogP contribution in [0.5, 0.6) is 5.75 Å². The molecule has 1 atom stereocenters. The lowest BCUT2D eigenvalue weighted by atomic mass is 10.2. The van der Waals surface area contributed by atoms with Crippen molar-refractivity contribution in [1.82, 2.24) is 5.32 Å². The van der Waals surface area contributed by atoms with Crippen molar-refractivity contribution in [3.8, 4) is 5.75 Å². The van der Waals surface area contributed by atoms with Crippen molar-refractivity contribution in [1.29, 1.82) is 0 Å². The van der Waals surface area contributed by atoms with Gasteiger partial charge in [0.25, 0.3) is 0 Å². The van der Waals surface area contributed by atoms with E-state index >= 15 is 0 Å². The van der Waals surface area contributed by atoms with Crippen molar-refractivity contribution in [2.75, 3.05) is 6.61 Å². The Bertz CT molecular complexity index is 391. The van der Waals surface area contributed by atoms with Gasteiger partial charge in [0.1, 0.15) is 5.75 Å². The Morgan fingerprint density at radius 3 is 2.72 bits per heavy atom. The molecule has 100 valence electrons. The summed E-state index contributed by atoms with van der Waals surface area (Å²) in [6.07, 6.45) is 0. The molecule has 18 heavy (non-hydrogen) atoms. The summed E-state index contributed by atoms with van der Waals surface area (Å²) in [6, 6.07) is 8.29. The van der Waals surface area contributed by atoms with E-state index in [0.717, 1.165) is 17.9 Å². The molecule has 3 N–H and O–H groups in total. The van der Waals surface area contributed by atoms with E-state index in [9.17, 15) is 4.79 Å². The van der Waals surface area contributed by atoms with Crippen LogP contribution in [0.1, 0.15) is 26.3 Å². The molecule has 0 aliphatic heterocycles. The van der Waals surface area contributed by atoms with Gasteiger partial charge in [-0.1, -0.05) is 32.9 Å². The van der Waals surface area contributed by atoms with Crippen molar-refractivity contribution in [2.45, 2.75) is 33.4 Å². The minimum atomic E-state index is -0.340. The first kappa shape index (κ1) is 14.5. The number of amides is 1. The molecular formula is C14H22N2O2.